The Balaban J connectivity index is 1.46. The van der Waals surface area contributed by atoms with Crippen LogP contribution in [0.3, 0.4) is 0 Å². The second-order valence-corrected chi connectivity index (χ2v) is 13.8. The smallest absolute Gasteiger partial charge is 0.335 e. The van der Waals surface area contributed by atoms with Crippen LogP contribution in [0.15, 0.2) is 36.4 Å². The third-order valence-corrected chi connectivity index (χ3v) is 10.7. The number of hydrogen-bond acceptors (Lipinski definition) is 8. The van der Waals surface area contributed by atoms with Crippen molar-refractivity contribution < 1.29 is 29.4 Å². The molecular formula is C34H48N4O6. The van der Waals surface area contributed by atoms with E-state index in [1.807, 2.05) is 43.3 Å². The van der Waals surface area contributed by atoms with Crippen LogP contribution in [0.25, 0.3) is 11.1 Å². The lowest BCUT2D eigenvalue weighted by Gasteiger charge is -2.62. The van der Waals surface area contributed by atoms with E-state index in [-0.39, 0.29) is 30.6 Å². The molecular weight excluding hydrogens is 560 g/mol. The minimum Gasteiger partial charge on any atom is -0.496 e. The van der Waals surface area contributed by atoms with Gasteiger partial charge in [-0.2, -0.15) is 5.06 Å². The van der Waals surface area contributed by atoms with Crippen LogP contribution in [0.4, 0.5) is 5.69 Å². The van der Waals surface area contributed by atoms with Gasteiger partial charge in [0, 0.05) is 49.4 Å². The average Bonchev–Trinajstić information content (AvgIpc) is 3.36. The zero-order chi connectivity index (χ0) is 32.1. The standard InChI is InChI=1S/C34H48N4O6/c1-18-26-14-23(34(26,3)4)15-27(18)36-32(40)30-29(19(2)39)28(16-35)44-38(30)17-20-9-8-10-25(31(20)43-7)21-11-22(33(41)42)13-24(12-21)37(5)6/h8-13,18-19,23,26-30,39H,14-17,35H2,1-7H3,(H,36,40)(H,41,42)/t18-,19-,23+,26+,27-,28-,29+,30-/m0/s1. The van der Waals surface area contributed by atoms with Gasteiger partial charge in [0.15, 0.2) is 0 Å². The number of carboxylic acid groups (broad SMARTS) is 1. The summed E-state index contributed by atoms with van der Waals surface area (Å²) in [6.07, 6.45) is 0.804. The molecule has 0 spiro atoms. The molecule has 4 aliphatic rings. The van der Waals surface area contributed by atoms with E-state index in [2.05, 4.69) is 26.1 Å². The van der Waals surface area contributed by atoms with Crippen LogP contribution in [0.1, 0.15) is 56.5 Å². The Morgan fingerprint density at radius 2 is 1.95 bits per heavy atom. The Morgan fingerprint density at radius 1 is 1.23 bits per heavy atom. The Morgan fingerprint density at radius 3 is 2.52 bits per heavy atom. The molecule has 1 saturated heterocycles. The van der Waals surface area contributed by atoms with Gasteiger partial charge < -0.3 is 30.9 Å². The molecule has 10 heteroatoms. The fraction of sp³-hybridized carbons (Fsp3) is 0.588. The van der Waals surface area contributed by atoms with Crippen molar-refractivity contribution in [2.45, 2.75) is 71.4 Å². The maximum absolute atomic E-state index is 14.1. The first-order chi connectivity index (χ1) is 20.8. The van der Waals surface area contributed by atoms with Crippen molar-refractivity contribution in [2.24, 2.45) is 34.8 Å². The predicted octanol–water partition coefficient (Wildman–Crippen LogP) is 3.75. The Bertz CT molecular complexity index is 1390. The van der Waals surface area contributed by atoms with Gasteiger partial charge in [0.1, 0.15) is 11.8 Å². The van der Waals surface area contributed by atoms with Gasteiger partial charge in [-0.25, -0.2) is 4.79 Å². The molecule has 0 aromatic heterocycles. The van der Waals surface area contributed by atoms with Crippen LogP contribution < -0.4 is 20.7 Å². The number of methoxy groups -OCH3 is 1. The SMILES string of the molecule is COc1c(CN2O[C@@H](CN)[C@@H]([C@H](C)O)[C@H]2C(=O)N[C@H]2C[C@H]3C[C@H]([C@@H]2C)C3(C)C)cccc1-c1cc(C(=O)O)cc(N(C)C)c1. The van der Waals surface area contributed by atoms with Gasteiger partial charge in [0.2, 0.25) is 5.91 Å². The van der Waals surface area contributed by atoms with Crippen LogP contribution in [0.5, 0.6) is 5.75 Å². The van der Waals surface area contributed by atoms with E-state index in [0.29, 0.717) is 34.5 Å². The van der Waals surface area contributed by atoms with Gasteiger partial charge in [0.25, 0.3) is 0 Å². The van der Waals surface area contributed by atoms with E-state index in [1.54, 1.807) is 31.2 Å². The summed E-state index contributed by atoms with van der Waals surface area (Å²) in [4.78, 5) is 34.2. The molecule has 240 valence electrons. The topological polar surface area (TPSA) is 138 Å². The number of amides is 1. The number of aliphatic hydroxyl groups excluding tert-OH is 1. The van der Waals surface area contributed by atoms with E-state index in [0.717, 1.165) is 23.2 Å². The molecule has 10 nitrogen and oxygen atoms in total. The summed E-state index contributed by atoms with van der Waals surface area (Å²) in [6, 6.07) is 10.2. The Labute approximate surface area is 260 Å². The van der Waals surface area contributed by atoms with Crippen molar-refractivity contribution in [1.82, 2.24) is 10.4 Å². The Hall–Kier alpha value is -3.18. The highest BCUT2D eigenvalue weighted by Crippen LogP contribution is 2.61. The minimum atomic E-state index is -1.02. The normalized spacial score (nSPS) is 29.9. The van der Waals surface area contributed by atoms with Crippen LogP contribution >= 0.6 is 0 Å². The second kappa shape index (κ2) is 12.3. The molecule has 1 heterocycles. The molecule has 5 N–H and O–H groups in total. The second-order valence-electron chi connectivity index (χ2n) is 13.8. The van der Waals surface area contributed by atoms with E-state index in [1.165, 1.54) is 6.42 Å². The number of nitrogens with two attached hydrogens (primary N) is 1. The molecule has 1 amide bonds. The van der Waals surface area contributed by atoms with Crippen molar-refractivity contribution in [3.8, 4) is 16.9 Å². The highest BCUT2D eigenvalue weighted by Gasteiger charge is 2.57. The fourth-order valence-electron chi connectivity index (χ4n) is 8.02. The molecule has 44 heavy (non-hydrogen) atoms. The van der Waals surface area contributed by atoms with Gasteiger partial charge in [-0.15, -0.1) is 0 Å². The summed E-state index contributed by atoms with van der Waals surface area (Å²) in [7, 11) is 5.29. The number of para-hydroxylation sites is 1. The van der Waals surface area contributed by atoms with E-state index in [4.69, 9.17) is 15.3 Å². The summed E-state index contributed by atoms with van der Waals surface area (Å²) in [6.45, 7) is 8.95. The first-order valence-electron chi connectivity index (χ1n) is 15.6. The number of aliphatic hydroxyl groups is 1. The summed E-state index contributed by atoms with van der Waals surface area (Å²) in [5.41, 5.74) is 9.48. The number of carbonyl (C=O) groups is 2. The molecule has 1 aliphatic heterocycles. The minimum absolute atomic E-state index is 0.0676. The number of benzene rings is 2. The molecule has 4 fully saturated rings. The maximum atomic E-state index is 14.1. The third kappa shape index (κ3) is 5.69. The average molecular weight is 609 g/mol. The van der Waals surface area contributed by atoms with Crippen molar-refractivity contribution >= 4 is 17.6 Å². The number of nitrogens with one attached hydrogen (secondary N) is 1. The number of nitrogens with zero attached hydrogens (tertiary/aromatic N) is 2. The number of ether oxygens (including phenoxy) is 1. The lowest BCUT2D eigenvalue weighted by Crippen LogP contribution is -2.62. The van der Waals surface area contributed by atoms with Crippen molar-refractivity contribution in [2.75, 3.05) is 32.6 Å². The quantitative estimate of drug-likeness (QED) is 0.318. The summed E-state index contributed by atoms with van der Waals surface area (Å²) in [5.74, 6) is 0.373. The van der Waals surface area contributed by atoms with Gasteiger partial charge in [-0.05, 0) is 66.7 Å². The number of fused-ring (bicyclic) bond motifs is 2. The molecule has 2 bridgehead atoms. The summed E-state index contributed by atoms with van der Waals surface area (Å²) in [5, 5.41) is 25.6. The van der Waals surface area contributed by atoms with Gasteiger partial charge in [0.05, 0.1) is 31.4 Å². The molecule has 8 atom stereocenters. The third-order valence-electron chi connectivity index (χ3n) is 10.7. The molecule has 0 unspecified atom stereocenters. The highest BCUT2D eigenvalue weighted by molar-refractivity contribution is 5.92. The monoisotopic (exact) mass is 608 g/mol. The van der Waals surface area contributed by atoms with E-state index >= 15 is 0 Å². The summed E-state index contributed by atoms with van der Waals surface area (Å²) >= 11 is 0. The van der Waals surface area contributed by atoms with Crippen molar-refractivity contribution in [1.29, 1.82) is 0 Å². The molecule has 2 aromatic rings. The zero-order valence-corrected chi connectivity index (χ0v) is 26.9. The van der Waals surface area contributed by atoms with Crippen molar-refractivity contribution in [3.63, 3.8) is 0 Å². The van der Waals surface area contributed by atoms with Crippen LogP contribution in [0, 0.1) is 29.1 Å². The largest absolute Gasteiger partial charge is 0.496 e. The van der Waals surface area contributed by atoms with Crippen LogP contribution in [-0.4, -0.2) is 79.2 Å². The van der Waals surface area contributed by atoms with Crippen molar-refractivity contribution in [3.05, 3.63) is 47.5 Å². The van der Waals surface area contributed by atoms with Gasteiger partial charge >= 0.3 is 5.97 Å². The maximum Gasteiger partial charge on any atom is 0.335 e. The highest BCUT2D eigenvalue weighted by atomic mass is 16.7. The number of aromatic carboxylic acids is 1. The molecule has 6 rings (SSSR count). The number of anilines is 1. The predicted molar refractivity (Wildman–Crippen MR) is 169 cm³/mol. The van der Waals surface area contributed by atoms with Crippen LogP contribution in [-0.2, 0) is 16.2 Å². The first-order valence-corrected chi connectivity index (χ1v) is 15.6. The zero-order valence-electron chi connectivity index (χ0n) is 26.9. The molecule has 2 aromatic carbocycles. The van der Waals surface area contributed by atoms with Crippen LogP contribution in [0.2, 0.25) is 0 Å². The molecule has 3 saturated carbocycles. The van der Waals surface area contributed by atoms with Gasteiger partial charge in [-0.1, -0.05) is 39.0 Å². The van der Waals surface area contributed by atoms with E-state index < -0.39 is 30.1 Å². The van der Waals surface area contributed by atoms with Gasteiger partial charge in [-0.3, -0.25) is 9.63 Å². The Kier molecular flexibility index (Phi) is 9.01. The van der Waals surface area contributed by atoms with E-state index in [9.17, 15) is 19.8 Å². The first kappa shape index (κ1) is 32.2. The lowest BCUT2D eigenvalue weighted by atomic mass is 9.45. The number of hydrogen-bond donors (Lipinski definition) is 4. The fourth-order valence-corrected chi connectivity index (χ4v) is 8.02. The lowest BCUT2D eigenvalue weighted by molar-refractivity contribution is -0.175. The number of carboxylic acids is 1. The number of hydroxylamine groups is 2. The number of carbonyl (C=O) groups excluding carboxylic acids is 1. The summed E-state index contributed by atoms with van der Waals surface area (Å²) < 4.78 is 5.92. The molecule has 0 radical (unpaired) electrons. The number of rotatable bonds is 10. The molecule has 3 aliphatic carbocycles.